The first-order valence-corrected chi connectivity index (χ1v) is 8.12. The van der Waals surface area contributed by atoms with Crippen LogP contribution in [0.3, 0.4) is 0 Å². The summed E-state index contributed by atoms with van der Waals surface area (Å²) in [5.74, 6) is 0. The molecule has 1 aliphatic heterocycles. The highest BCUT2D eigenvalue weighted by atomic mass is 32.2. The van der Waals surface area contributed by atoms with Gasteiger partial charge in [-0.25, -0.2) is 9.78 Å². The number of thiazole rings is 1. The number of hydrogen-bond donors (Lipinski definition) is 2. The van der Waals surface area contributed by atoms with Gasteiger partial charge in [-0.05, 0) is 31.0 Å². The highest BCUT2D eigenvalue weighted by molar-refractivity contribution is 8.00. The standard InChI is InChI=1S/C13H15N3O2S2/c14-12-15-10-2-1-9(7-11(10)20-12)19-8-3-5-16(6-4-8)13(17)18/h1-2,7-8H,3-6H2,(H2,14,15)(H,17,18). The van der Waals surface area contributed by atoms with Crippen LogP contribution in [0.1, 0.15) is 12.8 Å². The Morgan fingerprint density at radius 3 is 2.90 bits per heavy atom. The molecule has 3 rings (SSSR count). The van der Waals surface area contributed by atoms with Crippen LogP contribution in [0.25, 0.3) is 10.2 Å². The number of nitrogens with zero attached hydrogens (tertiary/aromatic N) is 2. The van der Waals surface area contributed by atoms with Crippen molar-refractivity contribution in [2.24, 2.45) is 0 Å². The highest BCUT2D eigenvalue weighted by Crippen LogP contribution is 2.34. The number of benzene rings is 1. The maximum absolute atomic E-state index is 10.9. The van der Waals surface area contributed by atoms with Crippen molar-refractivity contribution in [1.82, 2.24) is 9.88 Å². The van der Waals surface area contributed by atoms with Crippen molar-refractivity contribution in [1.29, 1.82) is 0 Å². The van der Waals surface area contributed by atoms with E-state index in [4.69, 9.17) is 10.8 Å². The zero-order chi connectivity index (χ0) is 14.1. The fourth-order valence-corrected chi connectivity index (χ4v) is 4.37. The van der Waals surface area contributed by atoms with E-state index >= 15 is 0 Å². The molecule has 1 aromatic carbocycles. The monoisotopic (exact) mass is 309 g/mol. The van der Waals surface area contributed by atoms with Crippen molar-refractivity contribution >= 4 is 44.5 Å². The summed E-state index contributed by atoms with van der Waals surface area (Å²) in [7, 11) is 0. The summed E-state index contributed by atoms with van der Waals surface area (Å²) in [5, 5.41) is 10.0. The lowest BCUT2D eigenvalue weighted by Crippen LogP contribution is -2.38. The molecular formula is C13H15N3O2S2. The number of rotatable bonds is 2. The molecule has 0 saturated carbocycles. The van der Waals surface area contributed by atoms with Crippen molar-refractivity contribution in [3.63, 3.8) is 0 Å². The van der Waals surface area contributed by atoms with Crippen LogP contribution in [0.2, 0.25) is 0 Å². The molecule has 1 aliphatic rings. The van der Waals surface area contributed by atoms with E-state index in [0.717, 1.165) is 23.1 Å². The van der Waals surface area contributed by atoms with Crippen LogP contribution in [-0.4, -0.2) is 39.4 Å². The number of nitrogens with two attached hydrogens (primary N) is 1. The average molecular weight is 309 g/mol. The molecule has 7 heteroatoms. The van der Waals surface area contributed by atoms with Crippen LogP contribution in [0.15, 0.2) is 23.1 Å². The van der Waals surface area contributed by atoms with Crippen molar-refractivity contribution < 1.29 is 9.90 Å². The SMILES string of the molecule is Nc1nc2ccc(SC3CCN(C(=O)O)CC3)cc2s1. The molecule has 0 aliphatic carbocycles. The minimum absolute atomic E-state index is 0.480. The van der Waals surface area contributed by atoms with Gasteiger partial charge in [0.1, 0.15) is 0 Å². The quantitative estimate of drug-likeness (QED) is 0.891. The van der Waals surface area contributed by atoms with Gasteiger partial charge >= 0.3 is 6.09 Å². The molecule has 0 radical (unpaired) electrons. The number of piperidine rings is 1. The number of carboxylic acid groups (broad SMARTS) is 1. The van der Waals surface area contributed by atoms with Crippen LogP contribution >= 0.6 is 23.1 Å². The zero-order valence-electron chi connectivity index (χ0n) is 10.8. The number of fused-ring (bicyclic) bond motifs is 1. The first kappa shape index (κ1) is 13.5. The van der Waals surface area contributed by atoms with Gasteiger partial charge in [0.05, 0.1) is 10.2 Å². The number of amides is 1. The number of nitrogen functional groups attached to an aromatic ring is 1. The predicted molar refractivity (Wildman–Crippen MR) is 82.5 cm³/mol. The number of aromatic nitrogens is 1. The van der Waals surface area contributed by atoms with Gasteiger partial charge in [0, 0.05) is 23.2 Å². The van der Waals surface area contributed by atoms with E-state index < -0.39 is 6.09 Å². The van der Waals surface area contributed by atoms with E-state index in [0.29, 0.717) is 23.5 Å². The lowest BCUT2D eigenvalue weighted by atomic mass is 10.1. The molecule has 1 saturated heterocycles. The van der Waals surface area contributed by atoms with Crippen molar-refractivity contribution in [2.75, 3.05) is 18.8 Å². The normalized spacial score (nSPS) is 16.7. The average Bonchev–Trinajstić information content (AvgIpc) is 2.78. The van der Waals surface area contributed by atoms with Gasteiger partial charge in [0.25, 0.3) is 0 Å². The smallest absolute Gasteiger partial charge is 0.407 e. The van der Waals surface area contributed by atoms with E-state index in [1.165, 1.54) is 21.1 Å². The summed E-state index contributed by atoms with van der Waals surface area (Å²) in [4.78, 5) is 17.8. The van der Waals surface area contributed by atoms with Gasteiger partial charge in [0.2, 0.25) is 0 Å². The van der Waals surface area contributed by atoms with E-state index in [9.17, 15) is 4.79 Å². The Hall–Kier alpha value is -1.47. The molecule has 20 heavy (non-hydrogen) atoms. The van der Waals surface area contributed by atoms with Crippen LogP contribution in [0.4, 0.5) is 9.93 Å². The molecule has 106 valence electrons. The van der Waals surface area contributed by atoms with Crippen LogP contribution < -0.4 is 5.73 Å². The van der Waals surface area contributed by atoms with Gasteiger partial charge in [-0.2, -0.15) is 0 Å². The Bertz CT molecular complexity index is 636. The largest absolute Gasteiger partial charge is 0.465 e. The van der Waals surface area contributed by atoms with Crippen LogP contribution in [-0.2, 0) is 0 Å². The van der Waals surface area contributed by atoms with Gasteiger partial charge in [-0.15, -0.1) is 11.8 Å². The topological polar surface area (TPSA) is 79.5 Å². The molecule has 0 bridgehead atoms. The van der Waals surface area contributed by atoms with Crippen molar-refractivity contribution in [2.45, 2.75) is 23.0 Å². The zero-order valence-corrected chi connectivity index (χ0v) is 12.4. The molecule has 1 amide bonds. The second kappa shape index (κ2) is 5.49. The molecule has 3 N–H and O–H groups in total. The fraction of sp³-hybridized carbons (Fsp3) is 0.385. The minimum Gasteiger partial charge on any atom is -0.465 e. The summed E-state index contributed by atoms with van der Waals surface area (Å²) in [6, 6.07) is 6.18. The van der Waals surface area contributed by atoms with Crippen LogP contribution in [0.5, 0.6) is 0 Å². The Kier molecular flexibility index (Phi) is 3.71. The Balaban J connectivity index is 1.66. The summed E-state index contributed by atoms with van der Waals surface area (Å²) >= 11 is 3.32. The second-order valence-electron chi connectivity index (χ2n) is 4.77. The lowest BCUT2D eigenvalue weighted by Gasteiger charge is -2.29. The van der Waals surface area contributed by atoms with Crippen molar-refractivity contribution in [3.8, 4) is 0 Å². The number of likely N-dealkylation sites (tertiary alicyclic amines) is 1. The predicted octanol–water partition coefficient (Wildman–Crippen LogP) is 3.11. The lowest BCUT2D eigenvalue weighted by molar-refractivity contribution is 0.136. The van der Waals surface area contributed by atoms with E-state index in [2.05, 4.69) is 17.1 Å². The van der Waals surface area contributed by atoms with E-state index in [-0.39, 0.29) is 0 Å². The number of anilines is 1. The maximum Gasteiger partial charge on any atom is 0.407 e. The molecule has 0 unspecified atom stereocenters. The highest BCUT2D eigenvalue weighted by Gasteiger charge is 2.22. The fourth-order valence-electron chi connectivity index (χ4n) is 2.35. The molecule has 2 heterocycles. The van der Waals surface area contributed by atoms with E-state index in [1.807, 2.05) is 17.8 Å². The third-order valence-electron chi connectivity index (χ3n) is 3.39. The van der Waals surface area contributed by atoms with Gasteiger partial charge in [-0.3, -0.25) is 0 Å². The molecule has 0 spiro atoms. The second-order valence-corrected chi connectivity index (χ2v) is 7.20. The summed E-state index contributed by atoms with van der Waals surface area (Å²) in [6.07, 6.45) is 0.995. The van der Waals surface area contributed by atoms with Gasteiger partial charge < -0.3 is 15.7 Å². The summed E-state index contributed by atoms with van der Waals surface area (Å²) in [5.41, 5.74) is 6.65. The van der Waals surface area contributed by atoms with Gasteiger partial charge in [-0.1, -0.05) is 11.3 Å². The first-order valence-electron chi connectivity index (χ1n) is 6.42. The molecule has 1 fully saturated rings. The molecule has 0 atom stereocenters. The molecule has 2 aromatic rings. The molecular weight excluding hydrogens is 294 g/mol. The molecule has 1 aromatic heterocycles. The van der Waals surface area contributed by atoms with Crippen LogP contribution in [0, 0.1) is 0 Å². The number of thioether (sulfide) groups is 1. The summed E-state index contributed by atoms with van der Waals surface area (Å²) in [6.45, 7) is 1.26. The van der Waals surface area contributed by atoms with E-state index in [1.54, 1.807) is 0 Å². The Morgan fingerprint density at radius 1 is 1.45 bits per heavy atom. The number of carbonyl (C=O) groups is 1. The first-order chi connectivity index (χ1) is 9.61. The summed E-state index contributed by atoms with van der Waals surface area (Å²) < 4.78 is 1.11. The van der Waals surface area contributed by atoms with Crippen molar-refractivity contribution in [3.05, 3.63) is 18.2 Å². The molecule has 5 nitrogen and oxygen atoms in total. The Morgan fingerprint density at radius 2 is 2.20 bits per heavy atom. The maximum atomic E-state index is 10.9. The van der Waals surface area contributed by atoms with Gasteiger partial charge in [0.15, 0.2) is 5.13 Å². The third-order valence-corrected chi connectivity index (χ3v) is 5.57. The number of hydrogen-bond acceptors (Lipinski definition) is 5. The third kappa shape index (κ3) is 2.83. The Labute approximate surface area is 124 Å². The minimum atomic E-state index is -0.810.